The fourth-order valence-electron chi connectivity index (χ4n) is 3.51. The van der Waals surface area contributed by atoms with Crippen LogP contribution in [0.15, 0.2) is 48.5 Å². The van der Waals surface area contributed by atoms with Crippen LogP contribution in [0.4, 0.5) is 5.69 Å². The summed E-state index contributed by atoms with van der Waals surface area (Å²) in [7, 11) is 1.66. The predicted molar refractivity (Wildman–Crippen MR) is 102 cm³/mol. The Morgan fingerprint density at radius 2 is 1.96 bits per heavy atom. The van der Waals surface area contributed by atoms with E-state index in [1.807, 2.05) is 48.5 Å². The molecule has 25 heavy (non-hydrogen) atoms. The number of hydrogen-bond donors (Lipinski definition) is 1. The van der Waals surface area contributed by atoms with E-state index in [0.717, 1.165) is 54.9 Å². The smallest absolute Gasteiger partial charge is 0.241 e. The molecule has 0 spiro atoms. The molecule has 1 heterocycles. The molecule has 0 unspecified atom stereocenters. The van der Waals surface area contributed by atoms with Gasteiger partial charge >= 0.3 is 0 Å². The third-order valence-corrected chi connectivity index (χ3v) is 4.76. The molecule has 1 amide bonds. The van der Waals surface area contributed by atoms with Gasteiger partial charge in [0.05, 0.1) is 13.2 Å². The monoisotopic (exact) mass is 338 g/mol. The molecule has 132 valence electrons. The number of benzene rings is 2. The summed E-state index contributed by atoms with van der Waals surface area (Å²) in [5.74, 6) is 0.929. The predicted octanol–water partition coefficient (Wildman–Crippen LogP) is 4.18. The van der Waals surface area contributed by atoms with E-state index in [1.54, 1.807) is 7.11 Å². The topological polar surface area (TPSA) is 41.6 Å². The quantitative estimate of drug-likeness (QED) is 0.859. The number of rotatable bonds is 6. The van der Waals surface area contributed by atoms with Crippen molar-refractivity contribution in [3.05, 3.63) is 48.5 Å². The minimum atomic E-state index is -0.0103. The van der Waals surface area contributed by atoms with Crippen molar-refractivity contribution in [2.75, 3.05) is 25.5 Å². The highest BCUT2D eigenvalue weighted by molar-refractivity contribution is 5.98. The molecule has 0 bridgehead atoms. The molecule has 1 N–H and O–H groups in total. The maximum atomic E-state index is 12.8. The molecule has 4 heteroatoms. The molecule has 0 aliphatic carbocycles. The normalized spacial score (nSPS) is 17.4. The Hall–Kier alpha value is -2.33. The minimum absolute atomic E-state index is 0.0103. The second-order valence-electron chi connectivity index (χ2n) is 6.46. The zero-order valence-electron chi connectivity index (χ0n) is 15.0. The van der Waals surface area contributed by atoms with Crippen LogP contribution >= 0.6 is 0 Å². The number of ether oxygens (including phenoxy) is 1. The summed E-state index contributed by atoms with van der Waals surface area (Å²) in [4.78, 5) is 15.1. The number of hydrogen-bond acceptors (Lipinski definition) is 3. The molecule has 4 nitrogen and oxygen atoms in total. The highest BCUT2D eigenvalue weighted by Crippen LogP contribution is 2.30. The lowest BCUT2D eigenvalue weighted by Crippen LogP contribution is -2.40. The molecule has 2 aromatic carbocycles. The van der Waals surface area contributed by atoms with Gasteiger partial charge in [0.1, 0.15) is 5.75 Å². The van der Waals surface area contributed by atoms with Gasteiger partial charge in [0, 0.05) is 11.3 Å². The SMILES string of the molecule is CCCN1CCC[C@@H]1C(=O)Nc1ccccc1-c1ccc(OC)cc1. The van der Waals surface area contributed by atoms with Crippen LogP contribution in [-0.4, -0.2) is 37.0 Å². The first-order valence-corrected chi connectivity index (χ1v) is 9.01. The van der Waals surface area contributed by atoms with E-state index in [9.17, 15) is 4.79 Å². The number of amides is 1. The third-order valence-electron chi connectivity index (χ3n) is 4.76. The Morgan fingerprint density at radius 3 is 2.68 bits per heavy atom. The lowest BCUT2D eigenvalue weighted by Gasteiger charge is -2.23. The standard InChI is InChI=1S/C21H26N2O2/c1-3-14-23-15-6-9-20(23)21(24)22-19-8-5-4-7-18(19)16-10-12-17(25-2)13-11-16/h4-5,7-8,10-13,20H,3,6,9,14-15H2,1-2H3,(H,22,24)/t20-/m1/s1. The Morgan fingerprint density at radius 1 is 1.20 bits per heavy atom. The zero-order valence-corrected chi connectivity index (χ0v) is 15.0. The Labute approximate surface area is 149 Å². The van der Waals surface area contributed by atoms with Crippen LogP contribution in [0.3, 0.4) is 0 Å². The van der Waals surface area contributed by atoms with Gasteiger partial charge in [-0.2, -0.15) is 0 Å². The number of anilines is 1. The van der Waals surface area contributed by atoms with E-state index in [2.05, 4.69) is 17.1 Å². The van der Waals surface area contributed by atoms with Crippen LogP contribution in [0.1, 0.15) is 26.2 Å². The first-order valence-electron chi connectivity index (χ1n) is 9.01. The number of carbonyl (C=O) groups excluding carboxylic acids is 1. The van der Waals surface area contributed by atoms with Crippen molar-refractivity contribution in [1.29, 1.82) is 0 Å². The lowest BCUT2D eigenvalue weighted by molar-refractivity contribution is -0.120. The van der Waals surface area contributed by atoms with Crippen LogP contribution in [0.5, 0.6) is 5.75 Å². The number of nitrogens with zero attached hydrogens (tertiary/aromatic N) is 1. The minimum Gasteiger partial charge on any atom is -0.497 e. The lowest BCUT2D eigenvalue weighted by atomic mass is 10.0. The molecular weight excluding hydrogens is 312 g/mol. The molecule has 1 fully saturated rings. The second-order valence-corrected chi connectivity index (χ2v) is 6.46. The van der Waals surface area contributed by atoms with Crippen molar-refractivity contribution in [2.24, 2.45) is 0 Å². The van der Waals surface area contributed by atoms with Gasteiger partial charge in [0.25, 0.3) is 0 Å². The van der Waals surface area contributed by atoms with Gasteiger partial charge in [-0.3, -0.25) is 9.69 Å². The number of carbonyl (C=O) groups is 1. The molecule has 0 saturated carbocycles. The summed E-state index contributed by atoms with van der Waals surface area (Å²) < 4.78 is 5.23. The van der Waals surface area contributed by atoms with E-state index in [4.69, 9.17) is 4.74 Å². The number of nitrogens with one attached hydrogen (secondary N) is 1. The van der Waals surface area contributed by atoms with Gasteiger partial charge in [-0.15, -0.1) is 0 Å². The summed E-state index contributed by atoms with van der Waals surface area (Å²) in [6.45, 7) is 4.16. The highest BCUT2D eigenvalue weighted by Gasteiger charge is 2.30. The van der Waals surface area contributed by atoms with Crippen molar-refractivity contribution in [2.45, 2.75) is 32.2 Å². The van der Waals surface area contributed by atoms with Crippen molar-refractivity contribution in [1.82, 2.24) is 4.90 Å². The van der Waals surface area contributed by atoms with Gasteiger partial charge in [0.15, 0.2) is 0 Å². The highest BCUT2D eigenvalue weighted by atomic mass is 16.5. The maximum Gasteiger partial charge on any atom is 0.241 e. The number of para-hydroxylation sites is 1. The number of likely N-dealkylation sites (tertiary alicyclic amines) is 1. The summed E-state index contributed by atoms with van der Waals surface area (Å²) in [5.41, 5.74) is 2.95. The molecule has 3 rings (SSSR count). The zero-order chi connectivity index (χ0) is 17.6. The summed E-state index contributed by atoms with van der Waals surface area (Å²) in [6.07, 6.45) is 3.11. The average molecular weight is 338 g/mol. The average Bonchev–Trinajstić information content (AvgIpc) is 3.11. The van der Waals surface area contributed by atoms with E-state index < -0.39 is 0 Å². The van der Waals surface area contributed by atoms with Crippen LogP contribution in [0, 0.1) is 0 Å². The third kappa shape index (κ3) is 4.02. The summed E-state index contributed by atoms with van der Waals surface area (Å²) in [5, 5.41) is 3.16. The van der Waals surface area contributed by atoms with E-state index >= 15 is 0 Å². The second kappa shape index (κ2) is 8.17. The van der Waals surface area contributed by atoms with Crippen molar-refractivity contribution in [3.8, 4) is 16.9 Å². The maximum absolute atomic E-state index is 12.8. The molecule has 1 saturated heterocycles. The fraction of sp³-hybridized carbons (Fsp3) is 0.381. The van der Waals surface area contributed by atoms with Crippen LogP contribution in [-0.2, 0) is 4.79 Å². The summed E-state index contributed by atoms with van der Waals surface area (Å²) in [6, 6.07) is 15.9. The molecule has 1 aliphatic rings. The molecule has 1 aliphatic heterocycles. The van der Waals surface area contributed by atoms with E-state index in [-0.39, 0.29) is 11.9 Å². The van der Waals surface area contributed by atoms with Gasteiger partial charge in [0.2, 0.25) is 5.91 Å². The Balaban J connectivity index is 1.79. The molecular formula is C21H26N2O2. The Bertz CT molecular complexity index is 712. The Kier molecular flexibility index (Phi) is 5.71. The first kappa shape index (κ1) is 17.5. The van der Waals surface area contributed by atoms with E-state index in [0.29, 0.717) is 0 Å². The fourth-order valence-corrected chi connectivity index (χ4v) is 3.51. The molecule has 1 atom stereocenters. The first-order chi connectivity index (χ1) is 12.2. The van der Waals surface area contributed by atoms with Gasteiger partial charge < -0.3 is 10.1 Å². The largest absolute Gasteiger partial charge is 0.497 e. The summed E-state index contributed by atoms with van der Waals surface area (Å²) >= 11 is 0. The van der Waals surface area contributed by atoms with Gasteiger partial charge in [-0.1, -0.05) is 37.3 Å². The van der Waals surface area contributed by atoms with E-state index in [1.165, 1.54) is 0 Å². The van der Waals surface area contributed by atoms with Crippen molar-refractivity contribution < 1.29 is 9.53 Å². The number of methoxy groups -OCH3 is 1. The van der Waals surface area contributed by atoms with Crippen molar-refractivity contribution >= 4 is 11.6 Å². The van der Waals surface area contributed by atoms with Gasteiger partial charge in [-0.25, -0.2) is 0 Å². The van der Waals surface area contributed by atoms with Gasteiger partial charge in [-0.05, 0) is 56.1 Å². The molecule has 2 aromatic rings. The molecule has 0 aromatic heterocycles. The van der Waals surface area contributed by atoms with Crippen LogP contribution < -0.4 is 10.1 Å². The van der Waals surface area contributed by atoms with Crippen LogP contribution in [0.2, 0.25) is 0 Å². The van der Waals surface area contributed by atoms with Crippen LogP contribution in [0.25, 0.3) is 11.1 Å². The molecule has 0 radical (unpaired) electrons. The van der Waals surface area contributed by atoms with Crippen molar-refractivity contribution in [3.63, 3.8) is 0 Å².